The number of nitrogens with one attached hydrogen (secondary N) is 1. The van der Waals surface area contributed by atoms with Gasteiger partial charge in [-0.15, -0.1) is 11.3 Å². The Morgan fingerprint density at radius 1 is 1.36 bits per heavy atom. The third-order valence-corrected chi connectivity index (χ3v) is 4.47. The molecular weight excluding hydrogens is 344 g/mol. The number of primary amides is 1. The smallest absolute Gasteiger partial charge is 0.341 e. The normalized spacial score (nSPS) is 10.8. The van der Waals surface area contributed by atoms with E-state index in [0.29, 0.717) is 5.56 Å². The zero-order valence-electron chi connectivity index (χ0n) is 14.5. The standard InChI is InChI=1S/C16H20N4O4S/c1-8(2)24-16(23)12-10(4)13(14(17)22)25-15(12)18-11(21)7-20-6-5-9(3)19-20/h5-6,8H,7H2,1-4H3,(H2,17,22)(H,18,21). The van der Waals surface area contributed by atoms with Crippen LogP contribution in [0.4, 0.5) is 5.00 Å². The van der Waals surface area contributed by atoms with Gasteiger partial charge in [-0.05, 0) is 39.3 Å². The summed E-state index contributed by atoms with van der Waals surface area (Å²) in [6.07, 6.45) is 1.34. The number of thiophene rings is 1. The predicted molar refractivity (Wildman–Crippen MR) is 93.7 cm³/mol. The van der Waals surface area contributed by atoms with Crippen molar-refractivity contribution in [1.82, 2.24) is 9.78 Å². The summed E-state index contributed by atoms with van der Waals surface area (Å²) in [5.74, 6) is -1.65. The number of carbonyl (C=O) groups excluding carboxylic acids is 3. The SMILES string of the molecule is Cc1ccn(CC(=O)Nc2sc(C(N)=O)c(C)c2C(=O)OC(C)C)n1. The first-order valence-corrected chi connectivity index (χ1v) is 8.44. The number of aryl methyl sites for hydroxylation is 1. The van der Waals surface area contributed by atoms with Gasteiger partial charge >= 0.3 is 5.97 Å². The Morgan fingerprint density at radius 3 is 2.56 bits per heavy atom. The van der Waals surface area contributed by atoms with Crippen LogP contribution in [-0.2, 0) is 16.1 Å². The molecule has 0 fully saturated rings. The molecular formula is C16H20N4O4S. The third-order valence-electron chi connectivity index (χ3n) is 3.25. The number of hydrogen-bond acceptors (Lipinski definition) is 6. The maximum Gasteiger partial charge on any atom is 0.341 e. The predicted octanol–water partition coefficient (Wildman–Crippen LogP) is 1.86. The highest BCUT2D eigenvalue weighted by Gasteiger charge is 2.26. The van der Waals surface area contributed by atoms with Crippen LogP contribution in [-0.4, -0.2) is 33.7 Å². The van der Waals surface area contributed by atoms with Crippen LogP contribution in [0.15, 0.2) is 12.3 Å². The first-order chi connectivity index (χ1) is 11.7. The van der Waals surface area contributed by atoms with Crippen molar-refractivity contribution in [2.75, 3.05) is 5.32 Å². The molecule has 2 aromatic heterocycles. The molecule has 2 aromatic rings. The summed E-state index contributed by atoms with van der Waals surface area (Å²) < 4.78 is 6.68. The Bertz CT molecular complexity index is 822. The summed E-state index contributed by atoms with van der Waals surface area (Å²) in [5, 5.41) is 7.02. The Labute approximate surface area is 149 Å². The number of anilines is 1. The minimum Gasteiger partial charge on any atom is -0.459 e. The molecule has 0 saturated heterocycles. The fourth-order valence-electron chi connectivity index (χ4n) is 2.22. The number of nitrogens with zero attached hydrogens (tertiary/aromatic N) is 2. The minimum absolute atomic E-state index is 0.0185. The lowest BCUT2D eigenvalue weighted by atomic mass is 10.1. The van der Waals surface area contributed by atoms with Crippen molar-refractivity contribution in [3.05, 3.63) is 34.0 Å². The van der Waals surface area contributed by atoms with Crippen LogP contribution in [0.3, 0.4) is 0 Å². The summed E-state index contributed by atoms with van der Waals surface area (Å²) in [7, 11) is 0. The van der Waals surface area contributed by atoms with Gasteiger partial charge in [0.05, 0.1) is 22.2 Å². The summed E-state index contributed by atoms with van der Waals surface area (Å²) in [5.41, 5.74) is 6.68. The van der Waals surface area contributed by atoms with E-state index in [4.69, 9.17) is 10.5 Å². The molecule has 0 saturated carbocycles. The van der Waals surface area contributed by atoms with E-state index in [-0.39, 0.29) is 34.0 Å². The monoisotopic (exact) mass is 364 g/mol. The molecule has 9 heteroatoms. The lowest BCUT2D eigenvalue weighted by Crippen LogP contribution is -2.21. The number of hydrogen-bond donors (Lipinski definition) is 2. The summed E-state index contributed by atoms with van der Waals surface area (Å²) in [4.78, 5) is 36.4. The molecule has 2 heterocycles. The lowest BCUT2D eigenvalue weighted by molar-refractivity contribution is -0.116. The second-order valence-electron chi connectivity index (χ2n) is 5.78. The average Bonchev–Trinajstić information content (AvgIpc) is 3.01. The van der Waals surface area contributed by atoms with Gasteiger partial charge in [-0.3, -0.25) is 14.3 Å². The largest absolute Gasteiger partial charge is 0.459 e. The van der Waals surface area contributed by atoms with Crippen molar-refractivity contribution in [3.63, 3.8) is 0 Å². The molecule has 0 bridgehead atoms. The van der Waals surface area contributed by atoms with Gasteiger partial charge in [0.1, 0.15) is 11.5 Å². The summed E-state index contributed by atoms with van der Waals surface area (Å²) in [6, 6.07) is 1.78. The summed E-state index contributed by atoms with van der Waals surface area (Å²) >= 11 is 0.957. The molecule has 0 spiro atoms. The molecule has 0 aliphatic rings. The molecule has 2 rings (SSSR count). The Balaban J connectivity index is 2.28. The van der Waals surface area contributed by atoms with Crippen LogP contribution < -0.4 is 11.1 Å². The molecule has 0 unspecified atom stereocenters. The highest BCUT2D eigenvalue weighted by atomic mass is 32.1. The Hall–Kier alpha value is -2.68. The van der Waals surface area contributed by atoms with Crippen LogP contribution in [0.25, 0.3) is 0 Å². The molecule has 0 aliphatic carbocycles. The van der Waals surface area contributed by atoms with Crippen LogP contribution in [0.1, 0.15) is 45.1 Å². The van der Waals surface area contributed by atoms with Crippen LogP contribution in [0, 0.1) is 13.8 Å². The van der Waals surface area contributed by atoms with Gasteiger partial charge in [0.25, 0.3) is 5.91 Å². The highest BCUT2D eigenvalue weighted by Crippen LogP contribution is 2.33. The zero-order chi connectivity index (χ0) is 18.7. The van der Waals surface area contributed by atoms with Crippen LogP contribution >= 0.6 is 11.3 Å². The van der Waals surface area contributed by atoms with E-state index in [0.717, 1.165) is 17.0 Å². The van der Waals surface area contributed by atoms with Crippen molar-refractivity contribution in [1.29, 1.82) is 0 Å². The van der Waals surface area contributed by atoms with Gasteiger partial charge in [-0.1, -0.05) is 0 Å². The fraction of sp³-hybridized carbons (Fsp3) is 0.375. The van der Waals surface area contributed by atoms with E-state index in [1.807, 2.05) is 6.92 Å². The van der Waals surface area contributed by atoms with E-state index < -0.39 is 11.9 Å². The molecule has 3 N–H and O–H groups in total. The number of ether oxygens (including phenoxy) is 1. The number of carbonyl (C=O) groups is 3. The zero-order valence-corrected chi connectivity index (χ0v) is 15.3. The maximum atomic E-state index is 12.3. The second kappa shape index (κ2) is 7.47. The minimum atomic E-state index is -0.663. The molecule has 134 valence electrons. The van der Waals surface area contributed by atoms with E-state index in [1.165, 1.54) is 4.68 Å². The summed E-state index contributed by atoms with van der Waals surface area (Å²) in [6.45, 7) is 6.82. The van der Waals surface area contributed by atoms with Crippen molar-refractivity contribution < 1.29 is 19.1 Å². The van der Waals surface area contributed by atoms with Gasteiger partial charge in [0.15, 0.2) is 0 Å². The van der Waals surface area contributed by atoms with Gasteiger partial charge in [0.2, 0.25) is 5.91 Å². The molecule has 0 atom stereocenters. The first-order valence-electron chi connectivity index (χ1n) is 7.63. The third kappa shape index (κ3) is 4.44. The number of rotatable bonds is 6. The second-order valence-corrected chi connectivity index (χ2v) is 6.80. The van der Waals surface area contributed by atoms with Crippen molar-refractivity contribution in [3.8, 4) is 0 Å². The van der Waals surface area contributed by atoms with Crippen molar-refractivity contribution in [2.24, 2.45) is 5.73 Å². The number of amides is 2. The van der Waals surface area contributed by atoms with Gasteiger partial charge in [-0.25, -0.2) is 4.79 Å². The van der Waals surface area contributed by atoms with Gasteiger partial charge in [0, 0.05) is 6.20 Å². The molecule has 2 amide bonds. The van der Waals surface area contributed by atoms with E-state index in [9.17, 15) is 14.4 Å². The van der Waals surface area contributed by atoms with Crippen LogP contribution in [0.5, 0.6) is 0 Å². The van der Waals surface area contributed by atoms with E-state index in [2.05, 4.69) is 10.4 Å². The van der Waals surface area contributed by atoms with Crippen molar-refractivity contribution >= 4 is 34.1 Å². The lowest BCUT2D eigenvalue weighted by Gasteiger charge is -2.10. The van der Waals surface area contributed by atoms with E-state index >= 15 is 0 Å². The molecule has 8 nitrogen and oxygen atoms in total. The average molecular weight is 364 g/mol. The van der Waals surface area contributed by atoms with Gasteiger partial charge < -0.3 is 15.8 Å². The molecule has 25 heavy (non-hydrogen) atoms. The van der Waals surface area contributed by atoms with E-state index in [1.54, 1.807) is 33.0 Å². The molecule has 0 aromatic carbocycles. The number of esters is 1. The quantitative estimate of drug-likeness (QED) is 0.759. The van der Waals surface area contributed by atoms with Crippen molar-refractivity contribution in [2.45, 2.75) is 40.3 Å². The van der Waals surface area contributed by atoms with Gasteiger partial charge in [-0.2, -0.15) is 5.10 Å². The topological polar surface area (TPSA) is 116 Å². The number of aromatic nitrogens is 2. The van der Waals surface area contributed by atoms with Crippen LogP contribution in [0.2, 0.25) is 0 Å². The molecule has 0 aliphatic heterocycles. The fourth-order valence-corrected chi connectivity index (χ4v) is 3.28. The highest BCUT2D eigenvalue weighted by molar-refractivity contribution is 7.18. The Kier molecular flexibility index (Phi) is 5.58. The maximum absolute atomic E-state index is 12.3. The number of nitrogens with two attached hydrogens (primary N) is 1. The molecule has 0 radical (unpaired) electrons. The Morgan fingerprint density at radius 2 is 2.04 bits per heavy atom. The first kappa shape index (κ1) is 18.7.